The van der Waals surface area contributed by atoms with E-state index < -0.39 is 0 Å². The average Bonchev–Trinajstić information content (AvgIpc) is 2.85. The molecular weight excluding hydrogens is 258 g/mol. The normalized spacial score (nSPS) is 31.8. The van der Waals surface area contributed by atoms with E-state index in [1.54, 1.807) is 0 Å². The van der Waals surface area contributed by atoms with E-state index in [0.29, 0.717) is 0 Å². The number of hydrogen-bond acceptors (Lipinski definition) is 3. The van der Waals surface area contributed by atoms with Crippen LogP contribution in [0, 0.1) is 0 Å². The third kappa shape index (κ3) is 3.31. The zero-order chi connectivity index (χ0) is 14.5. The molecule has 116 valence electrons. The molecule has 0 unspecified atom stereocenters. The van der Waals surface area contributed by atoms with Gasteiger partial charge in [0, 0.05) is 24.7 Å². The van der Waals surface area contributed by atoms with Crippen LogP contribution in [-0.2, 0) is 5.54 Å². The van der Waals surface area contributed by atoms with Crippen molar-refractivity contribution < 1.29 is 0 Å². The molecule has 1 aromatic carbocycles. The van der Waals surface area contributed by atoms with Crippen LogP contribution < -0.4 is 10.6 Å². The molecule has 2 N–H and O–H groups in total. The van der Waals surface area contributed by atoms with E-state index in [0.717, 1.165) is 12.6 Å². The first-order chi connectivity index (χ1) is 10.3. The summed E-state index contributed by atoms with van der Waals surface area (Å²) in [7, 11) is 2.13. The topological polar surface area (TPSA) is 27.3 Å². The lowest BCUT2D eigenvalue weighted by Gasteiger charge is -2.44. The maximum Gasteiger partial charge on any atom is 0.0433 e. The Labute approximate surface area is 129 Å². The van der Waals surface area contributed by atoms with Crippen LogP contribution in [0.15, 0.2) is 30.3 Å². The fourth-order valence-electron chi connectivity index (χ4n) is 4.13. The zero-order valence-corrected chi connectivity index (χ0v) is 13.3. The molecule has 0 aromatic heterocycles. The molecule has 1 saturated carbocycles. The zero-order valence-electron chi connectivity index (χ0n) is 13.3. The lowest BCUT2D eigenvalue weighted by Crippen LogP contribution is -2.48. The van der Waals surface area contributed by atoms with Gasteiger partial charge in [-0.05, 0) is 57.8 Å². The molecule has 3 rings (SSSR count). The Morgan fingerprint density at radius 1 is 1.10 bits per heavy atom. The van der Waals surface area contributed by atoms with Gasteiger partial charge >= 0.3 is 0 Å². The van der Waals surface area contributed by atoms with Gasteiger partial charge in [-0.1, -0.05) is 30.3 Å². The van der Waals surface area contributed by atoms with Gasteiger partial charge in [-0.25, -0.2) is 0 Å². The highest BCUT2D eigenvalue weighted by molar-refractivity contribution is 5.25. The highest BCUT2D eigenvalue weighted by atomic mass is 15.2. The second-order valence-corrected chi connectivity index (χ2v) is 6.57. The summed E-state index contributed by atoms with van der Waals surface area (Å²) in [4.78, 5) is 2.73. The molecular formula is C18H29N3. The lowest BCUT2D eigenvalue weighted by atomic mass is 9.74. The molecule has 0 radical (unpaired) electrons. The molecule has 3 heteroatoms. The molecule has 1 aliphatic heterocycles. The average molecular weight is 287 g/mol. The smallest absolute Gasteiger partial charge is 0.0433 e. The first-order valence-electron chi connectivity index (χ1n) is 8.53. The number of nitrogens with zero attached hydrogens (tertiary/aromatic N) is 1. The van der Waals surface area contributed by atoms with Crippen LogP contribution >= 0.6 is 0 Å². The Kier molecular flexibility index (Phi) is 4.94. The van der Waals surface area contributed by atoms with Crippen LogP contribution in [0.2, 0.25) is 0 Å². The Hall–Kier alpha value is -0.900. The fraction of sp³-hybridized carbons (Fsp3) is 0.667. The van der Waals surface area contributed by atoms with Crippen molar-refractivity contribution >= 4 is 0 Å². The van der Waals surface area contributed by atoms with Gasteiger partial charge in [0.05, 0.1) is 0 Å². The van der Waals surface area contributed by atoms with Crippen LogP contribution in [0.5, 0.6) is 0 Å². The van der Waals surface area contributed by atoms with E-state index in [4.69, 9.17) is 0 Å². The Balaban J connectivity index is 1.65. The standard InChI is InChI=1S/C18H29N3/c1-19-18(16-6-3-2-4-7-16)10-8-17(9-11-18)21-14-5-12-20-13-15-21/h2-4,6-7,17,19-20H,5,8-15H2,1H3. The first-order valence-corrected chi connectivity index (χ1v) is 8.53. The monoisotopic (exact) mass is 287 g/mol. The number of benzene rings is 1. The van der Waals surface area contributed by atoms with Crippen LogP contribution in [-0.4, -0.2) is 44.2 Å². The summed E-state index contributed by atoms with van der Waals surface area (Å²) >= 11 is 0. The number of rotatable bonds is 3. The molecule has 0 bridgehead atoms. The second kappa shape index (κ2) is 6.91. The summed E-state index contributed by atoms with van der Waals surface area (Å²) in [5.41, 5.74) is 1.66. The van der Waals surface area contributed by atoms with Crippen LogP contribution in [0.4, 0.5) is 0 Å². The molecule has 1 heterocycles. The highest BCUT2D eigenvalue weighted by Crippen LogP contribution is 2.38. The highest BCUT2D eigenvalue weighted by Gasteiger charge is 2.36. The van der Waals surface area contributed by atoms with Gasteiger partial charge < -0.3 is 10.6 Å². The van der Waals surface area contributed by atoms with E-state index in [9.17, 15) is 0 Å². The second-order valence-electron chi connectivity index (χ2n) is 6.57. The molecule has 2 fully saturated rings. The number of hydrogen-bond donors (Lipinski definition) is 2. The minimum Gasteiger partial charge on any atom is -0.315 e. The Morgan fingerprint density at radius 3 is 2.57 bits per heavy atom. The third-order valence-electron chi connectivity index (χ3n) is 5.50. The van der Waals surface area contributed by atoms with E-state index in [-0.39, 0.29) is 5.54 Å². The molecule has 1 aliphatic carbocycles. The van der Waals surface area contributed by atoms with Crippen molar-refractivity contribution in [3.8, 4) is 0 Å². The molecule has 0 atom stereocenters. The Morgan fingerprint density at radius 2 is 1.86 bits per heavy atom. The first kappa shape index (κ1) is 15.0. The maximum atomic E-state index is 3.64. The van der Waals surface area contributed by atoms with Gasteiger partial charge in [0.2, 0.25) is 0 Å². The van der Waals surface area contributed by atoms with Crippen LogP contribution in [0.1, 0.15) is 37.7 Å². The van der Waals surface area contributed by atoms with Crippen molar-refractivity contribution in [1.82, 2.24) is 15.5 Å². The maximum absolute atomic E-state index is 3.64. The minimum atomic E-state index is 0.196. The van der Waals surface area contributed by atoms with Gasteiger partial charge in [-0.3, -0.25) is 4.90 Å². The molecule has 21 heavy (non-hydrogen) atoms. The van der Waals surface area contributed by atoms with Crippen molar-refractivity contribution in [3.05, 3.63) is 35.9 Å². The lowest BCUT2D eigenvalue weighted by molar-refractivity contribution is 0.118. The summed E-state index contributed by atoms with van der Waals surface area (Å²) in [6.07, 6.45) is 6.43. The molecule has 1 aromatic rings. The van der Waals surface area contributed by atoms with E-state index in [1.807, 2.05) is 0 Å². The van der Waals surface area contributed by atoms with Gasteiger partial charge in [0.15, 0.2) is 0 Å². The number of nitrogens with one attached hydrogen (secondary N) is 2. The summed E-state index contributed by atoms with van der Waals surface area (Å²) in [5.74, 6) is 0. The van der Waals surface area contributed by atoms with Crippen molar-refractivity contribution in [2.45, 2.75) is 43.7 Å². The van der Waals surface area contributed by atoms with Gasteiger partial charge in [-0.15, -0.1) is 0 Å². The quantitative estimate of drug-likeness (QED) is 0.893. The predicted molar refractivity (Wildman–Crippen MR) is 88.5 cm³/mol. The van der Waals surface area contributed by atoms with Gasteiger partial charge in [0.1, 0.15) is 0 Å². The van der Waals surface area contributed by atoms with Crippen molar-refractivity contribution in [3.63, 3.8) is 0 Å². The summed E-state index contributed by atoms with van der Waals surface area (Å²) in [6, 6.07) is 11.8. The fourth-order valence-corrected chi connectivity index (χ4v) is 4.13. The Bertz CT molecular complexity index is 415. The van der Waals surface area contributed by atoms with Crippen molar-refractivity contribution in [2.24, 2.45) is 0 Å². The van der Waals surface area contributed by atoms with Crippen LogP contribution in [0.3, 0.4) is 0 Å². The largest absolute Gasteiger partial charge is 0.315 e. The molecule has 0 amide bonds. The van der Waals surface area contributed by atoms with E-state index in [1.165, 1.54) is 57.3 Å². The van der Waals surface area contributed by atoms with Crippen molar-refractivity contribution in [1.29, 1.82) is 0 Å². The van der Waals surface area contributed by atoms with Crippen LogP contribution in [0.25, 0.3) is 0 Å². The molecule has 3 nitrogen and oxygen atoms in total. The van der Waals surface area contributed by atoms with E-state index in [2.05, 4.69) is 52.9 Å². The molecule has 1 saturated heterocycles. The minimum absolute atomic E-state index is 0.196. The third-order valence-corrected chi connectivity index (χ3v) is 5.50. The van der Waals surface area contributed by atoms with Gasteiger partial charge in [-0.2, -0.15) is 0 Å². The SMILES string of the molecule is CNC1(c2ccccc2)CCC(N2CCCNCC2)CC1. The molecule has 0 spiro atoms. The van der Waals surface area contributed by atoms with Gasteiger partial charge in [0.25, 0.3) is 0 Å². The van der Waals surface area contributed by atoms with Crippen molar-refractivity contribution in [2.75, 3.05) is 33.2 Å². The summed E-state index contributed by atoms with van der Waals surface area (Å²) in [5, 5.41) is 7.15. The summed E-state index contributed by atoms with van der Waals surface area (Å²) in [6.45, 7) is 4.85. The van der Waals surface area contributed by atoms with E-state index >= 15 is 0 Å². The molecule has 2 aliphatic rings. The summed E-state index contributed by atoms with van der Waals surface area (Å²) < 4.78 is 0. The predicted octanol–water partition coefficient (Wildman–Crippen LogP) is 2.34.